The molecule has 100 valence electrons. The van der Waals surface area contributed by atoms with E-state index in [1.807, 2.05) is 24.3 Å². The zero-order valence-corrected chi connectivity index (χ0v) is 10.7. The number of esters is 2. The van der Waals surface area contributed by atoms with Gasteiger partial charge in [0.05, 0.1) is 11.1 Å². The Balaban J connectivity index is 2.01. The van der Waals surface area contributed by atoms with Crippen LogP contribution in [0.1, 0.15) is 31.8 Å². The van der Waals surface area contributed by atoms with E-state index < -0.39 is 11.9 Å². The van der Waals surface area contributed by atoms with Gasteiger partial charge in [-0.15, -0.1) is 0 Å². The van der Waals surface area contributed by atoms with Gasteiger partial charge >= 0.3 is 11.9 Å². The minimum Gasteiger partial charge on any atom is -0.457 e. The predicted molar refractivity (Wildman–Crippen MR) is 71.1 cm³/mol. The molecule has 2 bridgehead atoms. The molecule has 0 atom stereocenters. The van der Waals surface area contributed by atoms with E-state index in [1.165, 1.54) is 0 Å². The van der Waals surface area contributed by atoms with Crippen molar-refractivity contribution in [3.8, 4) is 0 Å². The van der Waals surface area contributed by atoms with Gasteiger partial charge < -0.3 is 9.47 Å². The lowest BCUT2D eigenvalue weighted by Crippen LogP contribution is -2.14. The summed E-state index contributed by atoms with van der Waals surface area (Å²) in [5.41, 5.74) is 2.25. The molecule has 0 fully saturated rings. The summed E-state index contributed by atoms with van der Waals surface area (Å²) in [7, 11) is 0. The van der Waals surface area contributed by atoms with E-state index in [1.54, 1.807) is 24.3 Å². The monoisotopic (exact) mass is 268 g/mol. The first-order valence-corrected chi connectivity index (χ1v) is 6.25. The molecule has 2 aliphatic heterocycles. The van der Waals surface area contributed by atoms with E-state index in [4.69, 9.17) is 9.47 Å². The van der Waals surface area contributed by atoms with Crippen molar-refractivity contribution in [3.05, 3.63) is 70.8 Å². The minimum absolute atomic E-state index is 0.183. The summed E-state index contributed by atoms with van der Waals surface area (Å²) in [4.78, 5) is 24.1. The average Bonchev–Trinajstić information content (AvgIpc) is 2.50. The quantitative estimate of drug-likeness (QED) is 0.689. The van der Waals surface area contributed by atoms with Crippen molar-refractivity contribution >= 4 is 11.9 Å². The van der Waals surface area contributed by atoms with Crippen molar-refractivity contribution in [2.75, 3.05) is 0 Å². The number of fused-ring (bicyclic) bond motifs is 6. The van der Waals surface area contributed by atoms with Crippen molar-refractivity contribution in [2.45, 2.75) is 13.2 Å². The molecule has 0 unspecified atom stereocenters. The Bertz CT molecular complexity index is 600. The Morgan fingerprint density at radius 1 is 0.650 bits per heavy atom. The maximum absolute atomic E-state index is 12.0. The van der Waals surface area contributed by atoms with E-state index in [2.05, 4.69) is 0 Å². The molecule has 4 heteroatoms. The van der Waals surface area contributed by atoms with Crippen molar-refractivity contribution in [1.29, 1.82) is 0 Å². The lowest BCUT2D eigenvalue weighted by Gasteiger charge is -2.12. The Morgan fingerprint density at radius 2 is 1.05 bits per heavy atom. The number of hydrogen-bond acceptors (Lipinski definition) is 4. The van der Waals surface area contributed by atoms with Gasteiger partial charge in [-0.05, 0) is 23.3 Å². The predicted octanol–water partition coefficient (Wildman–Crippen LogP) is 2.71. The third-order valence-electron chi connectivity index (χ3n) is 3.13. The number of carbonyl (C=O) groups excluding carboxylic acids is 2. The van der Waals surface area contributed by atoms with Crippen molar-refractivity contribution in [2.24, 2.45) is 0 Å². The van der Waals surface area contributed by atoms with Gasteiger partial charge in [0.2, 0.25) is 0 Å². The fourth-order valence-corrected chi connectivity index (χ4v) is 2.02. The molecule has 0 radical (unpaired) electrons. The van der Waals surface area contributed by atoms with Gasteiger partial charge in [-0.1, -0.05) is 36.4 Å². The summed E-state index contributed by atoms with van der Waals surface area (Å²) in [6.45, 7) is 0.366. The number of benzene rings is 2. The van der Waals surface area contributed by atoms with Crippen molar-refractivity contribution in [3.63, 3.8) is 0 Å². The molecule has 0 aliphatic carbocycles. The molecule has 0 saturated carbocycles. The maximum atomic E-state index is 12.0. The molecular weight excluding hydrogens is 256 g/mol. The average molecular weight is 268 g/mol. The highest BCUT2D eigenvalue weighted by molar-refractivity contribution is 6.03. The molecule has 2 heterocycles. The van der Waals surface area contributed by atoms with Crippen LogP contribution in [0, 0.1) is 0 Å². The van der Waals surface area contributed by atoms with E-state index in [-0.39, 0.29) is 24.3 Å². The van der Waals surface area contributed by atoms with E-state index in [9.17, 15) is 9.59 Å². The second-order valence-electron chi connectivity index (χ2n) is 4.51. The summed E-state index contributed by atoms with van der Waals surface area (Å²) in [5, 5.41) is 0. The van der Waals surface area contributed by atoms with Crippen LogP contribution in [0.15, 0.2) is 48.5 Å². The van der Waals surface area contributed by atoms with E-state index >= 15 is 0 Å². The number of rotatable bonds is 0. The fraction of sp³-hybridized carbons (Fsp3) is 0.125. The van der Waals surface area contributed by atoms with Gasteiger partial charge in [0.15, 0.2) is 0 Å². The van der Waals surface area contributed by atoms with Crippen LogP contribution in [-0.4, -0.2) is 11.9 Å². The van der Waals surface area contributed by atoms with Crippen LogP contribution in [0.2, 0.25) is 0 Å². The molecule has 20 heavy (non-hydrogen) atoms. The largest absolute Gasteiger partial charge is 0.457 e. The molecule has 0 amide bonds. The first-order chi connectivity index (χ1) is 9.74. The standard InChI is InChI=1S/C16H12O4/c17-15-13-3-1-2-4-14(13)16(18)20-10-12-7-5-11(6-8-12)9-19-15/h1-8H,9-10H2. The van der Waals surface area contributed by atoms with Crippen LogP contribution < -0.4 is 0 Å². The Hall–Kier alpha value is -2.62. The molecule has 0 saturated heterocycles. The van der Waals surface area contributed by atoms with Crippen molar-refractivity contribution < 1.29 is 19.1 Å². The molecule has 2 aromatic rings. The highest BCUT2D eigenvalue weighted by Crippen LogP contribution is 2.16. The summed E-state index contributed by atoms with van der Waals surface area (Å²) in [6.07, 6.45) is 0. The zero-order valence-electron chi connectivity index (χ0n) is 10.7. The first-order valence-electron chi connectivity index (χ1n) is 6.25. The lowest BCUT2D eigenvalue weighted by atomic mass is 10.1. The molecule has 4 rings (SSSR count). The Kier molecular flexibility index (Phi) is 3.21. The molecule has 0 spiro atoms. The van der Waals surface area contributed by atoms with Gasteiger partial charge in [0.1, 0.15) is 13.2 Å². The number of ether oxygens (including phenoxy) is 2. The first kappa shape index (κ1) is 12.4. The maximum Gasteiger partial charge on any atom is 0.339 e. The highest BCUT2D eigenvalue weighted by Gasteiger charge is 2.19. The normalized spacial score (nSPS) is 14.6. The van der Waals surface area contributed by atoms with Crippen LogP contribution in [0.25, 0.3) is 0 Å². The number of hydrogen-bond donors (Lipinski definition) is 0. The molecule has 2 aliphatic rings. The molecule has 4 nitrogen and oxygen atoms in total. The lowest BCUT2D eigenvalue weighted by molar-refractivity contribution is 0.0421. The van der Waals surface area contributed by atoms with Gasteiger partial charge in [-0.2, -0.15) is 0 Å². The molecule has 0 N–H and O–H groups in total. The smallest absolute Gasteiger partial charge is 0.339 e. The Labute approximate surface area is 115 Å². The van der Waals surface area contributed by atoms with Crippen LogP contribution in [-0.2, 0) is 22.7 Å². The van der Waals surface area contributed by atoms with Gasteiger partial charge in [-0.3, -0.25) is 0 Å². The highest BCUT2D eigenvalue weighted by atomic mass is 16.5. The summed E-state index contributed by atoms with van der Waals surface area (Å²) < 4.78 is 10.4. The van der Waals surface area contributed by atoms with Gasteiger partial charge in [0, 0.05) is 0 Å². The van der Waals surface area contributed by atoms with E-state index in [0.29, 0.717) is 0 Å². The van der Waals surface area contributed by atoms with Gasteiger partial charge in [0.25, 0.3) is 0 Å². The minimum atomic E-state index is -0.526. The van der Waals surface area contributed by atoms with Crippen LogP contribution in [0.3, 0.4) is 0 Å². The van der Waals surface area contributed by atoms with Crippen LogP contribution in [0.5, 0.6) is 0 Å². The number of carbonyl (C=O) groups is 2. The topological polar surface area (TPSA) is 52.6 Å². The molecular formula is C16H12O4. The third-order valence-corrected chi connectivity index (χ3v) is 3.13. The summed E-state index contributed by atoms with van der Waals surface area (Å²) in [5.74, 6) is -1.05. The summed E-state index contributed by atoms with van der Waals surface area (Å²) in [6, 6.07) is 13.9. The van der Waals surface area contributed by atoms with Crippen LogP contribution >= 0.6 is 0 Å². The third kappa shape index (κ3) is 2.40. The van der Waals surface area contributed by atoms with Gasteiger partial charge in [-0.25, -0.2) is 9.59 Å². The summed E-state index contributed by atoms with van der Waals surface area (Å²) >= 11 is 0. The molecule has 2 aromatic carbocycles. The fourth-order valence-electron chi connectivity index (χ4n) is 2.02. The van der Waals surface area contributed by atoms with E-state index in [0.717, 1.165) is 11.1 Å². The van der Waals surface area contributed by atoms with Crippen molar-refractivity contribution in [1.82, 2.24) is 0 Å². The Morgan fingerprint density at radius 3 is 1.45 bits per heavy atom. The van der Waals surface area contributed by atoms with Crippen LogP contribution in [0.4, 0.5) is 0 Å². The molecule has 0 aromatic heterocycles. The second-order valence-corrected chi connectivity index (χ2v) is 4.51. The SMILES string of the molecule is O=C1OCc2ccc(cc2)COC(=O)c2ccccc21. The second kappa shape index (κ2) is 5.17. The zero-order chi connectivity index (χ0) is 13.9.